The minimum Gasteiger partial charge on any atom is -0.497 e. The van der Waals surface area contributed by atoms with Gasteiger partial charge in [-0.15, -0.1) is 0 Å². The molecule has 1 aromatic rings. The molecule has 1 saturated heterocycles. The maximum absolute atomic E-state index is 13.7. The number of aliphatic hydroxyl groups is 2. The van der Waals surface area contributed by atoms with E-state index in [9.17, 15) is 15.0 Å². The molecule has 0 unspecified atom stereocenters. The van der Waals surface area contributed by atoms with Gasteiger partial charge in [0.05, 0.1) is 43.2 Å². The number of fused-ring (bicyclic) bond motifs is 2. The lowest BCUT2D eigenvalue weighted by atomic mass is 9.43. The lowest BCUT2D eigenvalue weighted by Gasteiger charge is -2.69. The Bertz CT molecular complexity index is 1250. The van der Waals surface area contributed by atoms with Crippen LogP contribution in [0.5, 0.6) is 5.75 Å². The number of hydrogen-bond acceptors (Lipinski definition) is 10. The van der Waals surface area contributed by atoms with E-state index in [4.69, 9.17) is 28.4 Å². The number of rotatable bonds is 9. The lowest BCUT2D eigenvalue weighted by Crippen LogP contribution is -2.77. The molecule has 5 saturated carbocycles. The molecule has 1 heterocycles. The highest BCUT2D eigenvalue weighted by molar-refractivity contribution is 5.89. The van der Waals surface area contributed by atoms with Crippen molar-refractivity contribution in [3.8, 4) is 5.75 Å². The smallest absolute Gasteiger partial charge is 0.338 e. The van der Waals surface area contributed by atoms with Crippen LogP contribution in [-0.4, -0.2) is 118 Å². The van der Waals surface area contributed by atoms with E-state index in [2.05, 4.69) is 11.8 Å². The third-order valence-corrected chi connectivity index (χ3v) is 13.0. The topological polar surface area (TPSA) is 116 Å². The Kier molecular flexibility index (Phi) is 7.03. The Morgan fingerprint density at radius 2 is 1.67 bits per heavy atom. The molecule has 6 aliphatic rings. The number of likely N-dealkylation sites (tertiary alicyclic amines) is 1. The number of carbonyl (C=O) groups is 1. The molecule has 1 aromatic carbocycles. The predicted molar refractivity (Wildman–Crippen MR) is 155 cm³/mol. The van der Waals surface area contributed by atoms with E-state index in [1.54, 1.807) is 59.8 Å². The summed E-state index contributed by atoms with van der Waals surface area (Å²) in [6.45, 7) is 4.45. The summed E-state index contributed by atoms with van der Waals surface area (Å²) in [6.07, 6.45) is 0.328. The average molecular weight is 602 g/mol. The van der Waals surface area contributed by atoms with Gasteiger partial charge in [-0.2, -0.15) is 0 Å². The van der Waals surface area contributed by atoms with Gasteiger partial charge in [-0.1, -0.05) is 6.92 Å². The second-order valence-corrected chi connectivity index (χ2v) is 14.1. The van der Waals surface area contributed by atoms with Gasteiger partial charge >= 0.3 is 5.97 Å². The molecule has 0 amide bonds. The number of nitrogens with zero attached hydrogens (tertiary/aromatic N) is 1. The average Bonchev–Trinajstić information content (AvgIpc) is 3.40. The predicted octanol–water partition coefficient (Wildman–Crippen LogP) is 2.14. The van der Waals surface area contributed by atoms with Gasteiger partial charge in [-0.3, -0.25) is 4.90 Å². The van der Waals surface area contributed by atoms with Gasteiger partial charge in [0.15, 0.2) is 0 Å². The van der Waals surface area contributed by atoms with Crippen LogP contribution in [0.1, 0.15) is 43.0 Å². The Morgan fingerprint density at radius 3 is 2.28 bits per heavy atom. The summed E-state index contributed by atoms with van der Waals surface area (Å²) < 4.78 is 36.5. The second kappa shape index (κ2) is 10.1. The maximum atomic E-state index is 13.7. The van der Waals surface area contributed by atoms with Gasteiger partial charge in [0.1, 0.15) is 17.5 Å². The zero-order valence-electron chi connectivity index (χ0n) is 26.2. The summed E-state index contributed by atoms with van der Waals surface area (Å²) in [5.41, 5.74) is -3.05. The van der Waals surface area contributed by atoms with Crippen LogP contribution in [0.2, 0.25) is 0 Å². The monoisotopic (exact) mass is 601 g/mol. The van der Waals surface area contributed by atoms with Crippen molar-refractivity contribution in [1.29, 1.82) is 0 Å². The molecule has 43 heavy (non-hydrogen) atoms. The van der Waals surface area contributed by atoms with Crippen LogP contribution in [0.25, 0.3) is 0 Å². The molecule has 5 aliphatic carbocycles. The van der Waals surface area contributed by atoms with E-state index < -0.39 is 40.7 Å². The minimum atomic E-state index is -1.47. The number of piperidine rings is 1. The van der Waals surface area contributed by atoms with Gasteiger partial charge in [-0.05, 0) is 56.0 Å². The van der Waals surface area contributed by atoms with E-state index in [1.165, 1.54) is 0 Å². The first-order valence-electron chi connectivity index (χ1n) is 15.8. The van der Waals surface area contributed by atoms with Crippen molar-refractivity contribution in [1.82, 2.24) is 4.90 Å². The maximum Gasteiger partial charge on any atom is 0.338 e. The first-order valence-corrected chi connectivity index (χ1v) is 15.8. The van der Waals surface area contributed by atoms with Gasteiger partial charge in [-0.25, -0.2) is 4.79 Å². The molecule has 2 N–H and O–H groups in total. The summed E-state index contributed by atoms with van der Waals surface area (Å²) in [5, 5.41) is 25.8. The Balaban J connectivity index is 1.41. The van der Waals surface area contributed by atoms with Crippen molar-refractivity contribution in [3.63, 3.8) is 0 Å². The third kappa shape index (κ3) is 3.52. The second-order valence-electron chi connectivity index (χ2n) is 14.1. The summed E-state index contributed by atoms with van der Waals surface area (Å²) >= 11 is 0. The highest BCUT2D eigenvalue weighted by Crippen LogP contribution is 2.80. The fourth-order valence-electron chi connectivity index (χ4n) is 12.0. The van der Waals surface area contributed by atoms with Crippen LogP contribution in [0.3, 0.4) is 0 Å². The molecule has 0 aromatic heterocycles. The molecule has 10 nitrogen and oxygen atoms in total. The molecular formula is C33H47NO9. The Labute approximate surface area is 253 Å². The normalized spacial score (nSPS) is 49.2. The van der Waals surface area contributed by atoms with Crippen LogP contribution in [0.4, 0.5) is 0 Å². The minimum absolute atomic E-state index is 0.0233. The van der Waals surface area contributed by atoms with Crippen LogP contribution in [0, 0.1) is 34.5 Å². The molecule has 1 spiro atoms. The van der Waals surface area contributed by atoms with Crippen LogP contribution in [-0.2, 0) is 23.7 Å². The van der Waals surface area contributed by atoms with Crippen molar-refractivity contribution in [3.05, 3.63) is 29.8 Å². The summed E-state index contributed by atoms with van der Waals surface area (Å²) in [4.78, 5) is 16.2. The first-order chi connectivity index (χ1) is 20.6. The van der Waals surface area contributed by atoms with Gasteiger partial charge in [0.2, 0.25) is 0 Å². The van der Waals surface area contributed by atoms with Crippen LogP contribution >= 0.6 is 0 Å². The van der Waals surface area contributed by atoms with Crippen LogP contribution in [0.15, 0.2) is 24.3 Å². The molecule has 7 rings (SSSR count). The zero-order valence-corrected chi connectivity index (χ0v) is 26.2. The highest BCUT2D eigenvalue weighted by Gasteiger charge is 2.88. The number of esters is 1. The number of carbonyl (C=O) groups excluding carboxylic acids is 1. The number of ether oxygens (including phenoxy) is 6. The molecule has 7 bridgehead atoms. The number of benzene rings is 1. The zero-order chi connectivity index (χ0) is 30.5. The molecule has 238 valence electrons. The first kappa shape index (κ1) is 29.9. The SMILES string of the molecule is CCN1C[C@]2(COC)CC[C@H](OC)[C@@]34[C@@H]5C[C@@]6(O)[C@@H](OC)C[C@@](O)([C@H]5[C@H]6OC(=O)c5ccc(OC)cc5)[C@@H]([C@H](OC)[C@H]23)[C@@H]14. The molecule has 6 fully saturated rings. The van der Waals surface area contributed by atoms with E-state index in [0.29, 0.717) is 24.3 Å². The Morgan fingerprint density at radius 1 is 0.953 bits per heavy atom. The summed E-state index contributed by atoms with van der Waals surface area (Å²) in [5.74, 6) is -0.864. The third-order valence-electron chi connectivity index (χ3n) is 13.0. The van der Waals surface area contributed by atoms with Gasteiger partial charge < -0.3 is 38.6 Å². The molecule has 1 aliphatic heterocycles. The van der Waals surface area contributed by atoms with E-state index >= 15 is 0 Å². The van der Waals surface area contributed by atoms with E-state index in [0.717, 1.165) is 25.9 Å². The number of hydrogen-bond donors (Lipinski definition) is 2. The van der Waals surface area contributed by atoms with Crippen molar-refractivity contribution < 1.29 is 43.4 Å². The Hall–Kier alpha value is -1.79. The van der Waals surface area contributed by atoms with E-state index in [-0.39, 0.29) is 47.8 Å². The summed E-state index contributed by atoms with van der Waals surface area (Å²) in [6, 6.07) is 6.72. The molecule has 10 heteroatoms. The lowest BCUT2D eigenvalue weighted by molar-refractivity contribution is -0.283. The molecule has 13 atom stereocenters. The van der Waals surface area contributed by atoms with Crippen molar-refractivity contribution >= 4 is 5.97 Å². The van der Waals surface area contributed by atoms with E-state index in [1.807, 2.05) is 0 Å². The fourth-order valence-corrected chi connectivity index (χ4v) is 12.0. The van der Waals surface area contributed by atoms with Crippen LogP contribution < -0.4 is 4.74 Å². The quantitative estimate of drug-likeness (QED) is 0.408. The molecule has 0 radical (unpaired) electrons. The van der Waals surface area contributed by atoms with Crippen molar-refractivity contribution in [2.24, 2.45) is 34.5 Å². The summed E-state index contributed by atoms with van der Waals surface area (Å²) in [7, 11) is 8.46. The van der Waals surface area contributed by atoms with Gasteiger partial charge in [0.25, 0.3) is 0 Å². The largest absolute Gasteiger partial charge is 0.497 e. The standard InChI is InChI=1S/C33H47NO9/c1-7-34-16-30(17-38-2)13-12-21(40-4)33-20-14-31(36)22(41-5)15-32(37,24(27(33)34)25(42-6)26(30)33)23(20)28(31)43-29(35)18-8-10-19(39-3)11-9-18/h8-11,20-28,36-37H,7,12-17H2,1-6H3/t20-,21+,22+,23-,24+,25+,26-,27-,28-,30+,31-,32-,33+/m1/s1. The van der Waals surface area contributed by atoms with Crippen molar-refractivity contribution in [2.45, 2.75) is 74.3 Å². The highest BCUT2D eigenvalue weighted by atomic mass is 16.6. The van der Waals surface area contributed by atoms with Crippen molar-refractivity contribution in [2.75, 3.05) is 55.2 Å². The fraction of sp³-hybridized carbons (Fsp3) is 0.788. The van der Waals surface area contributed by atoms with Gasteiger partial charge in [0, 0.05) is 76.0 Å². The number of methoxy groups -OCH3 is 5. The molecular weight excluding hydrogens is 554 g/mol.